The zero-order chi connectivity index (χ0) is 54.9. The maximum Gasteiger partial charge on any atom is 0.254 e. The normalized spacial score (nSPS) is 23.2. The van der Waals surface area contributed by atoms with Crippen LogP contribution in [0.3, 0.4) is 0 Å². The van der Waals surface area contributed by atoms with Crippen LogP contribution in [0.4, 0.5) is 17.2 Å². The second-order valence-electron chi connectivity index (χ2n) is 21.9. The molecular weight excluding hydrogens is 1030 g/mol. The van der Waals surface area contributed by atoms with E-state index in [4.69, 9.17) is 34.2 Å². The Hall–Kier alpha value is -7.14. The molecule has 4 aliphatic heterocycles. The number of amides is 2. The number of thiazole rings is 1. The number of nitrogen functional groups attached to an aromatic ring is 1. The minimum absolute atomic E-state index is 0.0160. The van der Waals surface area contributed by atoms with Crippen molar-refractivity contribution in [2.45, 2.75) is 127 Å². The lowest BCUT2D eigenvalue weighted by atomic mass is 9.91. The van der Waals surface area contributed by atoms with Crippen LogP contribution < -0.4 is 35.1 Å². The Bertz CT molecular complexity index is 3090. The molecule has 1 unspecified atom stereocenters. The number of hydrogen-bond acceptors (Lipinski definition) is 20. The molecule has 0 radical (unpaired) electrons. The van der Waals surface area contributed by atoms with E-state index in [-0.39, 0.29) is 72.7 Å². The summed E-state index contributed by atoms with van der Waals surface area (Å²) in [6, 6.07) is 17.8. The van der Waals surface area contributed by atoms with Crippen LogP contribution in [0, 0.1) is 12.8 Å². The molecule has 22 heteroatoms. The number of aliphatic hydroxyl groups excluding tert-OH is 1. The summed E-state index contributed by atoms with van der Waals surface area (Å²) in [5, 5.41) is 37.0. The molecule has 9 heterocycles. The van der Waals surface area contributed by atoms with Crippen molar-refractivity contribution in [2.24, 2.45) is 5.92 Å². The Morgan fingerprint density at radius 3 is 2.42 bits per heavy atom. The fraction of sp³-hybridized carbons (Fsp3) is 0.509. The Morgan fingerprint density at radius 2 is 1.68 bits per heavy atom. The van der Waals surface area contributed by atoms with Crippen molar-refractivity contribution in [1.82, 2.24) is 45.4 Å². The number of para-hydroxylation sites is 1. The van der Waals surface area contributed by atoms with E-state index in [1.165, 1.54) is 23.3 Å². The van der Waals surface area contributed by atoms with Crippen LogP contribution in [-0.4, -0.2) is 158 Å². The van der Waals surface area contributed by atoms with Crippen LogP contribution >= 0.6 is 11.3 Å². The van der Waals surface area contributed by atoms with E-state index in [0.29, 0.717) is 53.3 Å². The quantitative estimate of drug-likeness (QED) is 0.0670. The lowest BCUT2D eigenvalue weighted by Gasteiger charge is -2.43. The smallest absolute Gasteiger partial charge is 0.254 e. The van der Waals surface area contributed by atoms with Gasteiger partial charge in [-0.15, -0.1) is 21.5 Å². The molecule has 1 aliphatic carbocycles. The van der Waals surface area contributed by atoms with Gasteiger partial charge in [0.25, 0.3) is 5.88 Å². The third-order valence-electron chi connectivity index (χ3n) is 16.2. The van der Waals surface area contributed by atoms with Crippen molar-refractivity contribution in [2.75, 3.05) is 68.5 Å². The molecule has 0 spiro atoms. The van der Waals surface area contributed by atoms with Crippen LogP contribution in [0.2, 0.25) is 0 Å². The molecular formula is C57H70N12O9S. The van der Waals surface area contributed by atoms with Crippen molar-refractivity contribution in [3.8, 4) is 45.2 Å². The van der Waals surface area contributed by atoms with Gasteiger partial charge in [0.15, 0.2) is 11.6 Å². The number of ether oxygens (including phenoxy) is 4. The summed E-state index contributed by atoms with van der Waals surface area (Å²) < 4.78 is 30.4. The van der Waals surface area contributed by atoms with E-state index in [9.17, 15) is 19.8 Å². The lowest BCUT2D eigenvalue weighted by Crippen LogP contribution is -2.54. The number of nitrogens with zero attached hydrogens (tertiary/aromatic N) is 10. The number of carbonyl (C=O) groups is 2. The number of hydrogen-bond donors (Lipinski definition) is 4. The molecule has 11 rings (SSSR count). The van der Waals surface area contributed by atoms with Gasteiger partial charge >= 0.3 is 0 Å². The van der Waals surface area contributed by atoms with Crippen LogP contribution in [0.5, 0.6) is 23.4 Å². The fourth-order valence-corrected chi connectivity index (χ4v) is 12.8. The molecule has 21 nitrogen and oxygen atoms in total. The minimum Gasteiger partial charge on any atom is -0.507 e. The van der Waals surface area contributed by atoms with Gasteiger partial charge in [-0.25, -0.2) is 15.0 Å². The van der Waals surface area contributed by atoms with Crippen molar-refractivity contribution >= 4 is 40.3 Å². The number of phenols is 1. The maximum atomic E-state index is 14.3. The number of aromatic nitrogens is 6. The number of nitrogens with two attached hydrogens (primary N) is 1. The number of aryl methyl sites for hydroxylation is 1. The summed E-state index contributed by atoms with van der Waals surface area (Å²) in [6.45, 7) is 12.0. The summed E-state index contributed by atoms with van der Waals surface area (Å²) in [4.78, 5) is 51.4. The molecule has 4 saturated heterocycles. The molecule has 6 aromatic rings. The van der Waals surface area contributed by atoms with Gasteiger partial charge in [-0.3, -0.25) is 14.5 Å². The van der Waals surface area contributed by atoms with Crippen molar-refractivity contribution in [3.63, 3.8) is 0 Å². The largest absolute Gasteiger partial charge is 0.507 e. The van der Waals surface area contributed by atoms with E-state index in [1.807, 2.05) is 64.2 Å². The molecule has 1 aromatic carbocycles. The van der Waals surface area contributed by atoms with Crippen molar-refractivity contribution in [3.05, 3.63) is 89.4 Å². The number of anilines is 3. The Labute approximate surface area is 463 Å². The third kappa shape index (κ3) is 11.6. The molecule has 418 valence electrons. The number of β-amino-alcohol motifs (C(OH)–C–C–N with tert-alkyl or cyclic N) is 1. The van der Waals surface area contributed by atoms with E-state index < -0.39 is 24.1 Å². The summed E-state index contributed by atoms with van der Waals surface area (Å²) in [5.41, 5.74) is 13.6. The summed E-state index contributed by atoms with van der Waals surface area (Å²) >= 11 is 1.49. The number of benzene rings is 1. The maximum absolute atomic E-state index is 14.3. The van der Waals surface area contributed by atoms with Crippen LogP contribution in [-0.2, 0) is 14.3 Å². The molecule has 2 amide bonds. The summed E-state index contributed by atoms with van der Waals surface area (Å²) in [5.74, 6) is 0.504. The molecule has 79 heavy (non-hydrogen) atoms. The van der Waals surface area contributed by atoms with Crippen LogP contribution in [0.25, 0.3) is 21.8 Å². The SMILES string of the molecule is COc1nc(-c2scnc2C)ccc1[C@H](C)NC(=O)[C@@H]1C[C@@H](O)CN1C(=O)[C@H](c1cc(OCCN2CCC(OC3CC(Oc4cc(N5C6CC[C@@H]5CN(c5cc(-c7ccccc7O)nnc5N)C6)ccn4)C3)CC2)no1)C(C)C. The fourth-order valence-electron chi connectivity index (χ4n) is 12.0. The number of phenolic OH excluding ortho intramolecular Hbond substituents is 1. The molecule has 5 N–H and O–H groups in total. The lowest BCUT2D eigenvalue weighted by molar-refractivity contribution is -0.141. The second-order valence-corrected chi connectivity index (χ2v) is 22.8. The van der Waals surface area contributed by atoms with Crippen LogP contribution in [0.1, 0.15) is 94.7 Å². The number of likely N-dealkylation sites (tertiary alicyclic amines) is 2. The number of fused-ring (bicyclic) bond motifs is 2. The number of aromatic hydroxyl groups is 1. The number of rotatable bonds is 19. The zero-order valence-corrected chi connectivity index (χ0v) is 46.1. The predicted octanol–water partition coefficient (Wildman–Crippen LogP) is 6.56. The van der Waals surface area contributed by atoms with E-state index in [1.54, 1.807) is 23.7 Å². The van der Waals surface area contributed by atoms with Gasteiger partial charge < -0.3 is 59.4 Å². The second kappa shape index (κ2) is 23.3. The molecule has 5 fully saturated rings. The highest BCUT2D eigenvalue weighted by atomic mass is 32.1. The van der Waals surface area contributed by atoms with Gasteiger partial charge in [0, 0.05) is 106 Å². The number of carbonyl (C=O) groups excluding carboxylic acids is 2. The standard InChI is InChI=1S/C57H70N12O9S/c1-32(2)52(57(73)68-30-38(70)23-47(68)55(72)61-33(3)42-12-13-44(62-56(42)74-5)53-34(4)60-31-79-53)49-27-51(65-78-49)75-21-20-66-18-15-39(16-19-66)76-40-24-41(25-40)77-50-22-35(14-17-59-50)69-36-10-11-37(69)29-67(28-36)46-26-45(63-64-54(46)58)43-8-6-7-9-48(43)71/h6-9,12-14,17,22,26-27,31-33,36-41,47,52,70-71H,10-11,15-16,18-21,23-25,28-30H2,1-5H3,(H2,58,64)(H,61,72)/t33-,36+,37?,38+,40?,41?,47-,52-/m0/s1. The number of pyridine rings is 2. The van der Waals surface area contributed by atoms with Gasteiger partial charge in [-0.05, 0) is 87.0 Å². The van der Waals surface area contributed by atoms with Crippen LogP contribution in [0.15, 0.2) is 76.9 Å². The van der Waals surface area contributed by atoms with Gasteiger partial charge in [0.05, 0.1) is 64.6 Å². The summed E-state index contributed by atoms with van der Waals surface area (Å²) in [6.07, 6.45) is 7.08. The highest BCUT2D eigenvalue weighted by molar-refractivity contribution is 7.13. The number of methoxy groups -OCH3 is 1. The molecule has 6 atom stereocenters. The average molecular weight is 1100 g/mol. The first kappa shape index (κ1) is 53.8. The zero-order valence-electron chi connectivity index (χ0n) is 45.3. The Balaban J connectivity index is 0.606. The molecule has 2 bridgehead atoms. The van der Waals surface area contributed by atoms with Gasteiger partial charge in [-0.1, -0.05) is 26.0 Å². The highest BCUT2D eigenvalue weighted by Gasteiger charge is 2.45. The Kier molecular flexibility index (Phi) is 15.9. The monoisotopic (exact) mass is 1100 g/mol. The molecule has 5 aliphatic rings. The minimum atomic E-state index is -0.895. The van der Waals surface area contributed by atoms with Crippen molar-refractivity contribution in [1.29, 1.82) is 0 Å². The van der Waals surface area contributed by atoms with Gasteiger partial charge in [-0.2, -0.15) is 0 Å². The number of piperazine rings is 1. The molecule has 5 aromatic heterocycles. The third-order valence-corrected chi connectivity index (χ3v) is 17.2. The Morgan fingerprint density at radius 1 is 0.899 bits per heavy atom. The van der Waals surface area contributed by atoms with E-state index in [0.717, 1.165) is 92.3 Å². The first-order valence-electron chi connectivity index (χ1n) is 27.6. The van der Waals surface area contributed by atoms with Gasteiger partial charge in [0.2, 0.25) is 23.6 Å². The topological polar surface area (TPSA) is 253 Å². The number of piperidine rings is 1. The summed E-state index contributed by atoms with van der Waals surface area (Å²) in [7, 11) is 1.54. The van der Waals surface area contributed by atoms with E-state index in [2.05, 4.69) is 57.5 Å². The predicted molar refractivity (Wildman–Crippen MR) is 296 cm³/mol. The molecule has 1 saturated carbocycles. The first-order valence-corrected chi connectivity index (χ1v) is 28.4. The first-order chi connectivity index (χ1) is 38.3. The number of aliphatic hydroxyl groups is 1. The number of nitrogens with one attached hydrogen (secondary N) is 1. The van der Waals surface area contributed by atoms with Crippen molar-refractivity contribution < 1.29 is 43.3 Å². The highest BCUT2D eigenvalue weighted by Crippen LogP contribution is 2.41. The van der Waals surface area contributed by atoms with Gasteiger partial charge in [0.1, 0.15) is 30.4 Å². The van der Waals surface area contributed by atoms with E-state index >= 15 is 0 Å². The average Bonchev–Trinajstić information content (AvgIpc) is 4.36.